The second kappa shape index (κ2) is 7.32. The zero-order valence-corrected chi connectivity index (χ0v) is 16.4. The quantitative estimate of drug-likeness (QED) is 0.501. The number of carbonyl (C=O) groups excluding carboxylic acids is 1. The predicted octanol–water partition coefficient (Wildman–Crippen LogP) is 3.87. The first-order valence-electron chi connectivity index (χ1n) is 9.68. The van der Waals surface area contributed by atoms with E-state index >= 15 is 0 Å². The molecule has 2 aromatic carbocycles. The SMILES string of the molecule is CCOc1ccc(C2c3c(oc4ccc(F)cc4c3=O)C(=O)N2c2ncccn2)cc1. The Hall–Kier alpha value is -4.07. The molecule has 0 fully saturated rings. The Labute approximate surface area is 175 Å². The summed E-state index contributed by atoms with van der Waals surface area (Å²) in [6.07, 6.45) is 3.02. The van der Waals surface area contributed by atoms with Crippen molar-refractivity contribution in [1.29, 1.82) is 0 Å². The van der Waals surface area contributed by atoms with Gasteiger partial charge in [0.2, 0.25) is 11.7 Å². The molecular weight excluding hydrogens is 401 g/mol. The molecule has 31 heavy (non-hydrogen) atoms. The number of aromatic nitrogens is 2. The van der Waals surface area contributed by atoms with Crippen molar-refractivity contribution in [2.45, 2.75) is 13.0 Å². The molecule has 0 bridgehead atoms. The van der Waals surface area contributed by atoms with Crippen LogP contribution in [-0.2, 0) is 0 Å². The Kier molecular flexibility index (Phi) is 4.47. The third kappa shape index (κ3) is 3.04. The van der Waals surface area contributed by atoms with Crippen LogP contribution in [0.3, 0.4) is 0 Å². The Bertz CT molecular complexity index is 1350. The van der Waals surface area contributed by atoms with E-state index in [-0.39, 0.29) is 28.2 Å². The van der Waals surface area contributed by atoms with E-state index in [9.17, 15) is 14.0 Å². The maximum absolute atomic E-state index is 13.8. The number of hydrogen-bond donors (Lipinski definition) is 0. The highest BCUT2D eigenvalue weighted by atomic mass is 19.1. The fourth-order valence-corrected chi connectivity index (χ4v) is 3.80. The highest BCUT2D eigenvalue weighted by Gasteiger charge is 2.44. The monoisotopic (exact) mass is 417 g/mol. The standard InChI is InChI=1S/C23H16FN3O4/c1-2-30-15-7-4-13(5-8-15)19-18-20(28)16-12-14(24)6-9-17(16)31-21(18)22(29)27(19)23-25-10-3-11-26-23/h3-12,19H,2H2,1H3. The van der Waals surface area contributed by atoms with Gasteiger partial charge in [-0.2, -0.15) is 0 Å². The summed E-state index contributed by atoms with van der Waals surface area (Å²) in [6.45, 7) is 2.39. The Morgan fingerprint density at radius 2 is 1.84 bits per heavy atom. The third-order valence-electron chi connectivity index (χ3n) is 5.11. The van der Waals surface area contributed by atoms with E-state index in [1.54, 1.807) is 30.3 Å². The van der Waals surface area contributed by atoms with Gasteiger partial charge in [0.1, 0.15) is 17.1 Å². The van der Waals surface area contributed by atoms with Gasteiger partial charge in [-0.25, -0.2) is 14.4 Å². The normalized spacial score (nSPS) is 15.4. The van der Waals surface area contributed by atoms with E-state index < -0.39 is 23.2 Å². The van der Waals surface area contributed by atoms with Gasteiger partial charge >= 0.3 is 0 Å². The minimum atomic E-state index is -0.829. The van der Waals surface area contributed by atoms with Crippen LogP contribution in [-0.4, -0.2) is 22.5 Å². The summed E-state index contributed by atoms with van der Waals surface area (Å²) in [4.78, 5) is 36.4. The number of halogens is 1. The molecule has 4 aromatic rings. The first-order chi connectivity index (χ1) is 15.1. The van der Waals surface area contributed by atoms with Crippen LogP contribution in [0.2, 0.25) is 0 Å². The summed E-state index contributed by atoms with van der Waals surface area (Å²) in [5, 5.41) is 0.0679. The summed E-state index contributed by atoms with van der Waals surface area (Å²) in [6, 6.07) is 11.5. The van der Waals surface area contributed by atoms with Crippen LogP contribution in [0, 0.1) is 5.82 Å². The van der Waals surface area contributed by atoms with Crippen molar-refractivity contribution in [3.63, 3.8) is 0 Å². The van der Waals surface area contributed by atoms with E-state index in [1.807, 2.05) is 6.92 Å². The van der Waals surface area contributed by atoms with Crippen molar-refractivity contribution in [2.75, 3.05) is 11.5 Å². The van der Waals surface area contributed by atoms with Gasteiger partial charge in [-0.1, -0.05) is 12.1 Å². The lowest BCUT2D eigenvalue weighted by molar-refractivity contribution is 0.0969. The molecule has 0 spiro atoms. The van der Waals surface area contributed by atoms with E-state index in [0.29, 0.717) is 17.9 Å². The molecule has 8 heteroatoms. The summed E-state index contributed by atoms with van der Waals surface area (Å²) >= 11 is 0. The van der Waals surface area contributed by atoms with E-state index in [1.165, 1.54) is 29.4 Å². The smallest absolute Gasteiger partial charge is 0.297 e. The van der Waals surface area contributed by atoms with Crippen molar-refractivity contribution < 1.29 is 18.3 Å². The van der Waals surface area contributed by atoms with E-state index in [0.717, 1.165) is 6.07 Å². The topological polar surface area (TPSA) is 85.5 Å². The van der Waals surface area contributed by atoms with Crippen LogP contribution in [0.25, 0.3) is 11.0 Å². The molecule has 1 aliphatic rings. The van der Waals surface area contributed by atoms with Crippen LogP contribution >= 0.6 is 0 Å². The molecule has 1 atom stereocenters. The predicted molar refractivity (Wildman–Crippen MR) is 111 cm³/mol. The number of hydrogen-bond acceptors (Lipinski definition) is 6. The fraction of sp³-hybridized carbons (Fsp3) is 0.130. The third-order valence-corrected chi connectivity index (χ3v) is 5.11. The minimum Gasteiger partial charge on any atom is -0.494 e. The highest BCUT2D eigenvalue weighted by Crippen LogP contribution is 2.40. The van der Waals surface area contributed by atoms with Gasteiger partial charge in [-0.15, -0.1) is 0 Å². The molecule has 0 saturated carbocycles. The van der Waals surface area contributed by atoms with E-state index in [2.05, 4.69) is 9.97 Å². The number of anilines is 1. The van der Waals surface area contributed by atoms with Crippen LogP contribution in [0.4, 0.5) is 10.3 Å². The Morgan fingerprint density at radius 1 is 1.10 bits per heavy atom. The number of rotatable bonds is 4. The summed E-state index contributed by atoms with van der Waals surface area (Å²) < 4.78 is 25.1. The lowest BCUT2D eigenvalue weighted by Gasteiger charge is -2.23. The molecule has 2 aromatic heterocycles. The number of fused-ring (bicyclic) bond motifs is 2. The average molecular weight is 417 g/mol. The van der Waals surface area contributed by atoms with Crippen molar-refractivity contribution >= 4 is 22.8 Å². The molecule has 1 unspecified atom stereocenters. The molecule has 154 valence electrons. The molecule has 0 saturated heterocycles. The molecule has 1 aliphatic heterocycles. The second-order valence-corrected chi connectivity index (χ2v) is 6.94. The average Bonchev–Trinajstić information content (AvgIpc) is 3.08. The maximum Gasteiger partial charge on any atom is 0.297 e. The fourth-order valence-electron chi connectivity index (χ4n) is 3.80. The van der Waals surface area contributed by atoms with Crippen molar-refractivity contribution in [1.82, 2.24) is 9.97 Å². The lowest BCUT2D eigenvalue weighted by Crippen LogP contribution is -2.31. The van der Waals surface area contributed by atoms with Gasteiger partial charge in [0.05, 0.1) is 23.6 Å². The molecular formula is C23H16FN3O4. The lowest BCUT2D eigenvalue weighted by atomic mass is 9.98. The number of carbonyl (C=O) groups is 1. The van der Waals surface area contributed by atoms with Gasteiger partial charge in [0, 0.05) is 12.4 Å². The number of ether oxygens (including phenoxy) is 1. The van der Waals surface area contributed by atoms with Gasteiger partial charge in [-0.05, 0) is 48.9 Å². The second-order valence-electron chi connectivity index (χ2n) is 6.94. The summed E-state index contributed by atoms with van der Waals surface area (Å²) in [5.74, 6) is -0.415. The van der Waals surface area contributed by atoms with E-state index in [4.69, 9.17) is 9.15 Å². The Morgan fingerprint density at radius 3 is 2.55 bits per heavy atom. The van der Waals surface area contributed by atoms with Gasteiger partial charge in [0.15, 0.2) is 5.43 Å². The zero-order chi connectivity index (χ0) is 21.5. The first-order valence-corrected chi connectivity index (χ1v) is 9.68. The largest absolute Gasteiger partial charge is 0.494 e. The maximum atomic E-state index is 13.8. The zero-order valence-electron chi connectivity index (χ0n) is 16.4. The number of nitrogens with zero attached hydrogens (tertiary/aromatic N) is 3. The van der Waals surface area contributed by atoms with Crippen molar-refractivity contribution in [2.24, 2.45) is 0 Å². The van der Waals surface area contributed by atoms with Crippen LogP contribution in [0.15, 0.2) is 70.1 Å². The van der Waals surface area contributed by atoms with Gasteiger partial charge in [0.25, 0.3) is 5.91 Å². The highest BCUT2D eigenvalue weighted by molar-refractivity contribution is 6.09. The molecule has 7 nitrogen and oxygen atoms in total. The molecule has 1 amide bonds. The molecule has 0 N–H and O–H groups in total. The van der Waals surface area contributed by atoms with Crippen molar-refractivity contribution in [3.8, 4) is 5.75 Å². The van der Waals surface area contributed by atoms with Gasteiger partial charge in [-0.3, -0.25) is 14.5 Å². The summed E-state index contributed by atoms with van der Waals surface area (Å²) in [5.41, 5.74) is 0.437. The first kappa shape index (κ1) is 18.9. The molecule has 0 radical (unpaired) electrons. The minimum absolute atomic E-state index is 0.0679. The number of benzene rings is 2. The van der Waals surface area contributed by atoms with Crippen molar-refractivity contribution in [3.05, 3.63) is 93.9 Å². The van der Waals surface area contributed by atoms with Crippen LogP contribution in [0.1, 0.15) is 34.6 Å². The van der Waals surface area contributed by atoms with Crippen LogP contribution in [0.5, 0.6) is 5.75 Å². The Balaban J connectivity index is 1.76. The molecule has 0 aliphatic carbocycles. The molecule has 3 heterocycles. The van der Waals surface area contributed by atoms with Crippen LogP contribution < -0.4 is 15.1 Å². The number of amides is 1. The summed E-state index contributed by atoms with van der Waals surface area (Å²) in [7, 11) is 0. The van der Waals surface area contributed by atoms with Gasteiger partial charge < -0.3 is 9.15 Å². The molecule has 5 rings (SSSR count).